The Morgan fingerprint density at radius 1 is 1.17 bits per heavy atom. The van der Waals surface area contributed by atoms with Crippen LogP contribution in [0, 0.1) is 0 Å². The minimum absolute atomic E-state index is 0.0478. The summed E-state index contributed by atoms with van der Waals surface area (Å²) in [5.41, 5.74) is 0.101. The van der Waals surface area contributed by atoms with E-state index in [0.717, 1.165) is 0 Å². The fourth-order valence-corrected chi connectivity index (χ4v) is 2.45. The standard InChI is InChI=1S/C18H25NO4/c1-18(2,3)23-17(21)19-11-6-9-15(20)14-8-4-5-10-16(14)22-13-7-12-19/h4-5,8,10H,6-7,9,11-13H2,1-3H3. The van der Waals surface area contributed by atoms with E-state index in [1.165, 1.54) is 0 Å². The molecule has 0 saturated carbocycles. The van der Waals surface area contributed by atoms with E-state index < -0.39 is 5.60 Å². The SMILES string of the molecule is CC(C)(C)OC(=O)N1CCCOc2ccccc2C(=O)CCC1. The lowest BCUT2D eigenvalue weighted by Crippen LogP contribution is -2.38. The first-order chi connectivity index (χ1) is 10.9. The van der Waals surface area contributed by atoms with Crippen LogP contribution in [0.3, 0.4) is 0 Å². The Labute approximate surface area is 137 Å². The molecule has 0 fully saturated rings. The third-order valence-electron chi connectivity index (χ3n) is 3.50. The third kappa shape index (κ3) is 5.27. The van der Waals surface area contributed by atoms with Gasteiger partial charge in [0.2, 0.25) is 0 Å². The first kappa shape index (κ1) is 17.3. The number of ether oxygens (including phenoxy) is 2. The minimum Gasteiger partial charge on any atom is -0.493 e. The van der Waals surface area contributed by atoms with E-state index in [4.69, 9.17) is 9.47 Å². The zero-order valence-corrected chi connectivity index (χ0v) is 14.1. The number of carbonyl (C=O) groups excluding carboxylic acids is 2. The molecule has 1 aromatic carbocycles. The number of amides is 1. The molecule has 5 heteroatoms. The Morgan fingerprint density at radius 2 is 1.87 bits per heavy atom. The molecule has 0 atom stereocenters. The molecule has 2 rings (SSSR count). The lowest BCUT2D eigenvalue weighted by molar-refractivity contribution is 0.0239. The van der Waals surface area contributed by atoms with Crippen molar-refractivity contribution in [3.8, 4) is 5.75 Å². The fraction of sp³-hybridized carbons (Fsp3) is 0.556. The highest BCUT2D eigenvalue weighted by molar-refractivity contribution is 5.98. The molecule has 0 aliphatic carbocycles. The summed E-state index contributed by atoms with van der Waals surface area (Å²) in [6.07, 6.45) is 1.37. The Balaban J connectivity index is 2.05. The van der Waals surface area contributed by atoms with Gasteiger partial charge in [-0.1, -0.05) is 12.1 Å². The molecule has 0 spiro atoms. The van der Waals surface area contributed by atoms with Gasteiger partial charge in [0.05, 0.1) is 12.2 Å². The quantitative estimate of drug-likeness (QED) is 0.732. The predicted molar refractivity (Wildman–Crippen MR) is 87.9 cm³/mol. The lowest BCUT2D eigenvalue weighted by Gasteiger charge is -2.27. The highest BCUT2D eigenvalue weighted by Crippen LogP contribution is 2.21. The molecular weight excluding hydrogens is 294 g/mol. The van der Waals surface area contributed by atoms with Gasteiger partial charge in [-0.3, -0.25) is 4.79 Å². The average Bonchev–Trinajstić information content (AvgIpc) is 2.50. The van der Waals surface area contributed by atoms with Crippen LogP contribution in [0.15, 0.2) is 24.3 Å². The highest BCUT2D eigenvalue weighted by Gasteiger charge is 2.23. The lowest BCUT2D eigenvalue weighted by atomic mass is 10.1. The molecule has 1 amide bonds. The molecule has 0 aromatic heterocycles. The van der Waals surface area contributed by atoms with Crippen molar-refractivity contribution in [1.29, 1.82) is 0 Å². The van der Waals surface area contributed by atoms with E-state index in [2.05, 4.69) is 0 Å². The minimum atomic E-state index is -0.522. The molecular formula is C18H25NO4. The predicted octanol–water partition coefficient (Wildman–Crippen LogP) is 3.67. The first-order valence-electron chi connectivity index (χ1n) is 8.10. The summed E-state index contributed by atoms with van der Waals surface area (Å²) in [7, 11) is 0. The smallest absolute Gasteiger partial charge is 0.410 e. The molecule has 1 aliphatic rings. The van der Waals surface area contributed by atoms with Crippen molar-refractivity contribution < 1.29 is 19.1 Å². The van der Waals surface area contributed by atoms with Gasteiger partial charge in [-0.05, 0) is 45.7 Å². The summed E-state index contributed by atoms with van der Waals surface area (Å²) >= 11 is 0. The largest absolute Gasteiger partial charge is 0.493 e. The maximum absolute atomic E-state index is 12.3. The Bertz CT molecular complexity index is 562. The number of fused-ring (bicyclic) bond motifs is 1. The number of benzene rings is 1. The van der Waals surface area contributed by atoms with E-state index in [1.54, 1.807) is 11.0 Å². The molecule has 0 saturated heterocycles. The molecule has 5 nitrogen and oxygen atoms in total. The summed E-state index contributed by atoms with van der Waals surface area (Å²) in [4.78, 5) is 26.2. The van der Waals surface area contributed by atoms with Crippen LogP contribution in [0.5, 0.6) is 5.75 Å². The van der Waals surface area contributed by atoms with Gasteiger partial charge in [0.25, 0.3) is 0 Å². The van der Waals surface area contributed by atoms with Gasteiger partial charge in [0, 0.05) is 19.5 Å². The number of para-hydroxylation sites is 1. The Morgan fingerprint density at radius 3 is 2.61 bits per heavy atom. The monoisotopic (exact) mass is 319 g/mol. The van der Waals surface area contributed by atoms with E-state index in [-0.39, 0.29) is 11.9 Å². The van der Waals surface area contributed by atoms with Crippen LogP contribution in [0.2, 0.25) is 0 Å². The summed E-state index contributed by atoms with van der Waals surface area (Å²) < 4.78 is 11.1. The van der Waals surface area contributed by atoms with Crippen LogP contribution in [-0.4, -0.2) is 42.1 Å². The normalized spacial score (nSPS) is 16.8. The molecule has 0 N–H and O–H groups in total. The van der Waals surface area contributed by atoms with Crippen molar-refractivity contribution in [1.82, 2.24) is 4.90 Å². The van der Waals surface area contributed by atoms with Gasteiger partial charge in [-0.2, -0.15) is 0 Å². The van der Waals surface area contributed by atoms with Gasteiger partial charge in [0.15, 0.2) is 5.78 Å². The van der Waals surface area contributed by atoms with Crippen molar-refractivity contribution in [3.05, 3.63) is 29.8 Å². The summed E-state index contributed by atoms with van der Waals surface area (Å²) in [6, 6.07) is 7.31. The van der Waals surface area contributed by atoms with E-state index in [9.17, 15) is 9.59 Å². The number of hydrogen-bond acceptors (Lipinski definition) is 4. The number of carbonyl (C=O) groups is 2. The van der Waals surface area contributed by atoms with E-state index in [0.29, 0.717) is 50.3 Å². The maximum Gasteiger partial charge on any atom is 0.410 e. The number of nitrogens with zero attached hydrogens (tertiary/aromatic N) is 1. The third-order valence-corrected chi connectivity index (χ3v) is 3.50. The van der Waals surface area contributed by atoms with Gasteiger partial charge in [-0.25, -0.2) is 4.79 Å². The average molecular weight is 319 g/mol. The molecule has 1 aromatic rings. The van der Waals surface area contributed by atoms with Crippen molar-refractivity contribution in [2.24, 2.45) is 0 Å². The zero-order chi connectivity index (χ0) is 16.9. The van der Waals surface area contributed by atoms with Crippen LogP contribution >= 0.6 is 0 Å². The van der Waals surface area contributed by atoms with Crippen LogP contribution < -0.4 is 4.74 Å². The number of Topliss-reactive ketones (excluding diaryl/α,β-unsaturated/α-hetero) is 1. The molecule has 1 heterocycles. The highest BCUT2D eigenvalue weighted by atomic mass is 16.6. The van der Waals surface area contributed by atoms with Crippen LogP contribution in [0.4, 0.5) is 4.79 Å². The number of rotatable bonds is 0. The summed E-state index contributed by atoms with van der Waals surface area (Å²) in [5.74, 6) is 0.676. The summed E-state index contributed by atoms with van der Waals surface area (Å²) in [6.45, 7) is 7.08. The molecule has 0 unspecified atom stereocenters. The Kier molecular flexibility index (Phi) is 5.64. The molecule has 0 radical (unpaired) electrons. The Hall–Kier alpha value is -2.04. The van der Waals surface area contributed by atoms with Crippen molar-refractivity contribution in [3.63, 3.8) is 0 Å². The zero-order valence-electron chi connectivity index (χ0n) is 14.1. The topological polar surface area (TPSA) is 55.8 Å². The van der Waals surface area contributed by atoms with E-state index >= 15 is 0 Å². The van der Waals surface area contributed by atoms with Crippen molar-refractivity contribution in [2.45, 2.75) is 45.6 Å². The van der Waals surface area contributed by atoms with Gasteiger partial charge < -0.3 is 14.4 Å². The van der Waals surface area contributed by atoms with Crippen LogP contribution in [0.1, 0.15) is 50.4 Å². The maximum atomic E-state index is 12.3. The fourth-order valence-electron chi connectivity index (χ4n) is 2.45. The number of hydrogen-bond donors (Lipinski definition) is 0. The van der Waals surface area contributed by atoms with E-state index in [1.807, 2.05) is 39.0 Å². The van der Waals surface area contributed by atoms with Gasteiger partial charge in [0.1, 0.15) is 11.4 Å². The van der Waals surface area contributed by atoms with Gasteiger partial charge in [-0.15, -0.1) is 0 Å². The molecule has 1 aliphatic heterocycles. The second-order valence-corrected chi connectivity index (χ2v) is 6.69. The molecule has 0 bridgehead atoms. The first-order valence-corrected chi connectivity index (χ1v) is 8.10. The molecule has 126 valence electrons. The second-order valence-electron chi connectivity index (χ2n) is 6.69. The number of ketones is 1. The molecule has 23 heavy (non-hydrogen) atoms. The summed E-state index contributed by atoms with van der Waals surface area (Å²) in [5, 5.41) is 0. The van der Waals surface area contributed by atoms with Crippen LogP contribution in [0.25, 0.3) is 0 Å². The van der Waals surface area contributed by atoms with Crippen molar-refractivity contribution >= 4 is 11.9 Å². The second kappa shape index (κ2) is 7.49. The van der Waals surface area contributed by atoms with Crippen LogP contribution in [-0.2, 0) is 4.74 Å². The van der Waals surface area contributed by atoms with Gasteiger partial charge >= 0.3 is 6.09 Å². The van der Waals surface area contributed by atoms with Crippen molar-refractivity contribution in [2.75, 3.05) is 19.7 Å².